The summed E-state index contributed by atoms with van der Waals surface area (Å²) in [5, 5.41) is 13.3. The van der Waals surface area contributed by atoms with Crippen molar-refractivity contribution >= 4 is 17.4 Å². The number of nitrogens with zero attached hydrogens (tertiary/aromatic N) is 4. The summed E-state index contributed by atoms with van der Waals surface area (Å²) < 4.78 is 35.8. The van der Waals surface area contributed by atoms with Gasteiger partial charge in [0, 0.05) is 55.0 Å². The molecule has 2 aromatic carbocycles. The Morgan fingerprint density at radius 3 is 2.54 bits per heavy atom. The highest BCUT2D eigenvalue weighted by atomic mass is 19.1. The van der Waals surface area contributed by atoms with Gasteiger partial charge in [0.25, 0.3) is 11.5 Å². The molecule has 0 spiro atoms. The third-order valence-corrected chi connectivity index (χ3v) is 8.80. The molecule has 10 nitrogen and oxygen atoms in total. The Morgan fingerprint density at radius 1 is 1.06 bits per heavy atom. The zero-order chi connectivity index (χ0) is 34.0. The molecular weight excluding hydrogens is 618 g/mol. The van der Waals surface area contributed by atoms with Gasteiger partial charge < -0.3 is 20.9 Å². The summed E-state index contributed by atoms with van der Waals surface area (Å²) >= 11 is 0. The van der Waals surface area contributed by atoms with Gasteiger partial charge in [-0.2, -0.15) is 0 Å². The summed E-state index contributed by atoms with van der Waals surface area (Å²) in [6.07, 6.45) is 4.72. The summed E-state index contributed by atoms with van der Waals surface area (Å²) in [6.45, 7) is 7.13. The van der Waals surface area contributed by atoms with E-state index in [1.54, 1.807) is 0 Å². The van der Waals surface area contributed by atoms with Gasteiger partial charge in [0.1, 0.15) is 28.5 Å². The molecule has 2 atom stereocenters. The Morgan fingerprint density at radius 2 is 1.81 bits per heavy atom. The van der Waals surface area contributed by atoms with E-state index in [9.17, 15) is 19.1 Å². The quantitative estimate of drug-likeness (QED) is 0.251. The summed E-state index contributed by atoms with van der Waals surface area (Å²) in [6, 6.07) is 13.6. The van der Waals surface area contributed by atoms with E-state index in [-0.39, 0.29) is 34.6 Å². The number of nitrogen functional groups attached to an aromatic ring is 1. The van der Waals surface area contributed by atoms with Crippen LogP contribution in [0.25, 0.3) is 5.69 Å². The monoisotopic (exact) mass is 654 g/mol. The number of aliphatic hydroxyl groups excluding tert-OH is 1. The van der Waals surface area contributed by atoms with Gasteiger partial charge in [-0.3, -0.25) is 24.0 Å². The summed E-state index contributed by atoms with van der Waals surface area (Å²) in [4.78, 5) is 34.7. The number of aliphatic hydroxyl groups is 1. The Balaban J connectivity index is 1.17. The predicted molar refractivity (Wildman–Crippen MR) is 178 cm³/mol. The first-order valence-electron chi connectivity index (χ1n) is 15.7. The van der Waals surface area contributed by atoms with E-state index in [2.05, 4.69) is 31.9 Å². The Bertz CT molecular complexity index is 1950. The number of carbonyl (C=O) groups is 1. The summed E-state index contributed by atoms with van der Waals surface area (Å²) in [5.74, 6) is 4.54. The van der Waals surface area contributed by atoms with Crippen molar-refractivity contribution in [3.63, 3.8) is 0 Å². The van der Waals surface area contributed by atoms with Crippen molar-refractivity contribution in [1.82, 2.24) is 19.4 Å². The molecule has 48 heavy (non-hydrogen) atoms. The van der Waals surface area contributed by atoms with E-state index in [1.807, 2.05) is 13.8 Å². The minimum Gasteiger partial charge on any atom is -0.453 e. The summed E-state index contributed by atoms with van der Waals surface area (Å²) in [7, 11) is 0. The molecule has 0 radical (unpaired) electrons. The number of likely N-dealkylation sites (tertiary alicyclic amines) is 2. The molecule has 248 valence electrons. The zero-order valence-corrected chi connectivity index (χ0v) is 26.6. The molecule has 2 saturated heterocycles. The number of ether oxygens (including phenoxy) is 1. The molecule has 4 N–H and O–H groups in total. The fraction of sp³-hybridized carbons (Fsp3) is 0.306. The molecule has 2 aromatic heterocycles. The molecule has 2 fully saturated rings. The van der Waals surface area contributed by atoms with Gasteiger partial charge in [0.15, 0.2) is 11.6 Å². The lowest BCUT2D eigenvalue weighted by Gasteiger charge is -2.31. The number of β-amino-alcohol motifs (C(OH)–C–C–N with tert-alkyl or cyclic N) is 1. The predicted octanol–water partition coefficient (Wildman–Crippen LogP) is 4.41. The van der Waals surface area contributed by atoms with Crippen LogP contribution in [0.2, 0.25) is 0 Å². The van der Waals surface area contributed by atoms with Crippen molar-refractivity contribution in [3.8, 4) is 29.0 Å². The topological polar surface area (TPSA) is 126 Å². The highest BCUT2D eigenvalue weighted by Crippen LogP contribution is 2.32. The average Bonchev–Trinajstić information content (AvgIpc) is 3.73. The number of carbonyl (C=O) groups excluding carboxylic acids is 1. The second-order valence-corrected chi connectivity index (χ2v) is 12.4. The van der Waals surface area contributed by atoms with Crippen molar-refractivity contribution in [2.75, 3.05) is 37.2 Å². The van der Waals surface area contributed by atoms with Crippen LogP contribution >= 0.6 is 0 Å². The molecule has 2 aliphatic heterocycles. The van der Waals surface area contributed by atoms with E-state index < -0.39 is 34.7 Å². The van der Waals surface area contributed by atoms with Crippen LogP contribution in [0.1, 0.15) is 42.6 Å². The number of halogens is 2. The minimum absolute atomic E-state index is 0.0690. The number of amides is 1. The number of hydrogen-bond donors (Lipinski definition) is 3. The molecule has 0 saturated carbocycles. The molecule has 0 aliphatic carbocycles. The fourth-order valence-electron chi connectivity index (χ4n) is 6.07. The average molecular weight is 655 g/mol. The highest BCUT2D eigenvalue weighted by Gasteiger charge is 2.41. The van der Waals surface area contributed by atoms with Crippen molar-refractivity contribution in [3.05, 3.63) is 106 Å². The Labute approximate surface area is 276 Å². The van der Waals surface area contributed by atoms with Crippen molar-refractivity contribution < 1.29 is 23.4 Å². The number of benzene rings is 2. The normalized spacial score (nSPS) is 18.4. The number of aromatic nitrogens is 2. The lowest BCUT2D eigenvalue weighted by molar-refractivity contribution is 0.0968. The first kappa shape index (κ1) is 32.8. The van der Waals surface area contributed by atoms with Gasteiger partial charge in [-0.1, -0.05) is 11.8 Å². The Kier molecular flexibility index (Phi) is 9.28. The highest BCUT2D eigenvalue weighted by molar-refractivity contribution is 6.04. The van der Waals surface area contributed by atoms with Crippen molar-refractivity contribution in [2.24, 2.45) is 0 Å². The molecule has 2 aliphatic rings. The number of anilines is 2. The SMILES string of the molecule is CC(C)(C#Cc1c(Oc2ccc(NC(=O)c3cccn(-c4ccc(F)cc4)c3=O)cc2F)ccnc1N)N1C[C@@H](O)[C@H](N2CCCC2)C1. The third kappa shape index (κ3) is 6.94. The second kappa shape index (κ2) is 13.6. The number of pyridine rings is 2. The maximum Gasteiger partial charge on any atom is 0.267 e. The molecule has 12 heteroatoms. The van der Waals surface area contributed by atoms with Crippen LogP contribution in [0.4, 0.5) is 20.3 Å². The van der Waals surface area contributed by atoms with E-state index >= 15 is 4.39 Å². The standard InChI is InChI=1S/C36H36F2N6O4/c1-36(2,43-21-29(30(45)22-43)42-17-3-4-18-42)15-13-26-31(14-16-40-33(26)39)48-32-12-9-24(20-28(32)38)41-34(46)27-6-5-19-44(35(27)47)25-10-7-23(37)8-11-25/h5-12,14,16,19-20,29-30,45H,3-4,17-18,21-22H2,1-2H3,(H2,39,40)(H,41,46)/t29-,30-/m1/s1. The van der Waals surface area contributed by atoms with Crippen LogP contribution in [0.3, 0.4) is 0 Å². The van der Waals surface area contributed by atoms with Crippen molar-refractivity contribution in [2.45, 2.75) is 44.4 Å². The van der Waals surface area contributed by atoms with Crippen LogP contribution in [0.15, 0.2) is 77.9 Å². The minimum atomic E-state index is -0.779. The molecular formula is C36H36F2N6O4. The number of hydrogen-bond acceptors (Lipinski definition) is 8. The zero-order valence-electron chi connectivity index (χ0n) is 26.6. The number of rotatable bonds is 7. The molecule has 4 aromatic rings. The summed E-state index contributed by atoms with van der Waals surface area (Å²) in [5.41, 5.74) is 5.54. The third-order valence-electron chi connectivity index (χ3n) is 8.80. The molecule has 0 bridgehead atoms. The lowest BCUT2D eigenvalue weighted by atomic mass is 10.0. The molecule has 1 amide bonds. The maximum absolute atomic E-state index is 15.3. The lowest BCUT2D eigenvalue weighted by Crippen LogP contribution is -2.44. The van der Waals surface area contributed by atoms with Crippen LogP contribution < -0.4 is 21.3 Å². The molecule has 4 heterocycles. The maximum atomic E-state index is 15.3. The first-order chi connectivity index (χ1) is 23.0. The molecule has 6 rings (SSSR count). The Hall–Kier alpha value is -5.09. The van der Waals surface area contributed by atoms with Crippen LogP contribution in [-0.2, 0) is 0 Å². The number of nitrogens with one attached hydrogen (secondary N) is 1. The molecule has 0 unspecified atom stereocenters. The van der Waals surface area contributed by atoms with E-state index in [0.29, 0.717) is 24.3 Å². The fourth-order valence-corrected chi connectivity index (χ4v) is 6.07. The van der Waals surface area contributed by atoms with Gasteiger partial charge in [-0.25, -0.2) is 13.8 Å². The van der Waals surface area contributed by atoms with Gasteiger partial charge in [0.05, 0.1) is 11.6 Å². The van der Waals surface area contributed by atoms with Gasteiger partial charge in [0.2, 0.25) is 0 Å². The van der Waals surface area contributed by atoms with Crippen LogP contribution in [0, 0.1) is 23.5 Å². The van der Waals surface area contributed by atoms with Gasteiger partial charge in [-0.15, -0.1) is 0 Å². The van der Waals surface area contributed by atoms with Crippen molar-refractivity contribution in [1.29, 1.82) is 0 Å². The second-order valence-electron chi connectivity index (χ2n) is 12.4. The van der Waals surface area contributed by atoms with Crippen LogP contribution in [-0.4, -0.2) is 74.2 Å². The van der Waals surface area contributed by atoms with E-state index in [1.165, 1.54) is 71.6 Å². The van der Waals surface area contributed by atoms with E-state index in [0.717, 1.165) is 32.0 Å². The van der Waals surface area contributed by atoms with Gasteiger partial charge >= 0.3 is 0 Å². The first-order valence-corrected chi connectivity index (χ1v) is 15.7. The van der Waals surface area contributed by atoms with Gasteiger partial charge in [-0.05, 0) is 88.3 Å². The smallest absolute Gasteiger partial charge is 0.267 e. The largest absolute Gasteiger partial charge is 0.453 e. The number of nitrogens with two attached hydrogens (primary N) is 1. The van der Waals surface area contributed by atoms with E-state index in [4.69, 9.17) is 10.5 Å². The van der Waals surface area contributed by atoms with Crippen LogP contribution in [0.5, 0.6) is 11.5 Å².